The van der Waals surface area contributed by atoms with Crippen molar-refractivity contribution in [3.8, 4) is 0 Å². The summed E-state index contributed by atoms with van der Waals surface area (Å²) in [7, 11) is 0. The van der Waals surface area contributed by atoms with Crippen molar-refractivity contribution >= 4 is 58.2 Å². The summed E-state index contributed by atoms with van der Waals surface area (Å²) in [6.45, 7) is 0. The van der Waals surface area contributed by atoms with Crippen LogP contribution in [0.4, 0.5) is 0 Å². The molecule has 178 valence electrons. The van der Waals surface area contributed by atoms with Gasteiger partial charge in [0.1, 0.15) is 22.7 Å². The summed E-state index contributed by atoms with van der Waals surface area (Å²) in [6, 6.07) is 9.34. The van der Waals surface area contributed by atoms with Gasteiger partial charge in [-0.2, -0.15) is 8.42 Å². The van der Waals surface area contributed by atoms with E-state index in [9.17, 15) is 46.9 Å². The van der Waals surface area contributed by atoms with E-state index in [2.05, 4.69) is 8.37 Å². The van der Waals surface area contributed by atoms with Crippen molar-refractivity contribution in [3.05, 3.63) is 70.8 Å². The van der Waals surface area contributed by atoms with E-state index in [1.165, 1.54) is 36.4 Å². The van der Waals surface area contributed by atoms with Gasteiger partial charge < -0.3 is 37.3 Å². The summed E-state index contributed by atoms with van der Waals surface area (Å²) >= 11 is -6.70. The Hall–Kier alpha value is -1.64. The van der Waals surface area contributed by atoms with Crippen molar-refractivity contribution in [2.24, 2.45) is 0 Å². The maximum absolute atomic E-state index is 11.0. The summed E-state index contributed by atoms with van der Waals surface area (Å²) in [4.78, 5) is 42.8. The topological polar surface area (TPSA) is 247 Å². The van der Waals surface area contributed by atoms with Gasteiger partial charge in [0, 0.05) is 0 Å². The minimum atomic E-state index is -2.98. The Balaban J connectivity index is -0.000000500. The van der Waals surface area contributed by atoms with Crippen LogP contribution in [0.3, 0.4) is 0 Å². The smallest absolute Gasteiger partial charge is 0.740 e. The largest absolute Gasteiger partial charge is 1.00 e. The molecule has 2 atom stereocenters. The van der Waals surface area contributed by atoms with Gasteiger partial charge in [0.2, 0.25) is 0 Å². The molecule has 35 heavy (non-hydrogen) atoms. The van der Waals surface area contributed by atoms with Crippen molar-refractivity contribution in [1.82, 2.24) is 0 Å². The number of hydrogen-bond donors (Lipinski definition) is 0. The van der Waals surface area contributed by atoms with Gasteiger partial charge in [0.05, 0.1) is 23.1 Å². The fourth-order valence-corrected chi connectivity index (χ4v) is 2.21. The van der Waals surface area contributed by atoms with E-state index in [1.54, 1.807) is 0 Å². The second-order valence-electron chi connectivity index (χ2n) is 4.95. The molecule has 0 saturated carbocycles. The molecule has 0 aromatic heterocycles. The molecule has 0 radical (unpaired) electrons. The van der Waals surface area contributed by atoms with Crippen LogP contribution in [-0.4, -0.2) is 49.8 Å². The predicted octanol–water partition coefficient (Wildman–Crippen LogP) is -8.66. The third kappa shape index (κ3) is 16.6. The summed E-state index contributed by atoms with van der Waals surface area (Å²) in [5, 5.41) is 20.8. The average Bonchev–Trinajstić information content (AvgIpc) is 2.74. The van der Waals surface area contributed by atoms with Gasteiger partial charge in [-0.1, -0.05) is 24.3 Å². The third-order valence-electron chi connectivity index (χ3n) is 2.96. The minimum absolute atomic E-state index is 0. The van der Waals surface area contributed by atoms with E-state index in [0.717, 1.165) is 12.1 Å². The molecule has 0 bridgehead atoms. The van der Waals surface area contributed by atoms with Crippen molar-refractivity contribution < 1.29 is 123 Å². The zero-order chi connectivity index (χ0) is 25.6. The Morgan fingerprint density at radius 2 is 0.914 bits per heavy atom. The number of carboxylic acids is 2. The molecule has 2 unspecified atom stereocenters. The minimum Gasteiger partial charge on any atom is -0.740 e. The van der Waals surface area contributed by atoms with Crippen LogP contribution in [0.1, 0.15) is 41.4 Å². The van der Waals surface area contributed by atoms with E-state index in [0.29, 0.717) is 0 Å². The number of carboxylic acid groups (broad SMARTS) is 2. The summed E-state index contributed by atoms with van der Waals surface area (Å²) < 4.78 is 64.4. The van der Waals surface area contributed by atoms with Crippen LogP contribution in [0.2, 0.25) is 0 Å². The first kappa shape index (κ1) is 37.9. The molecular formula is C16H8Na2O14S3-2. The van der Waals surface area contributed by atoms with Crippen LogP contribution in [0.25, 0.3) is 0 Å². The standard InChI is InChI=1S/2C8H6O6S.2Na.O2S/c2*9-7(10)5-2-1-3-6(4-5)8(11)14-15(12)13;;;1-3-2/h2*1-4H,(H,9,10)(H,12,13);;;/q;;2*+1;/p-4. The fraction of sp³-hybridized carbons (Fsp3) is 0. The maximum Gasteiger partial charge on any atom is 1.00 e. The number of hydrogen-bond acceptors (Lipinski definition) is 14. The molecule has 0 fully saturated rings. The van der Waals surface area contributed by atoms with E-state index in [4.69, 9.17) is 8.42 Å². The quantitative estimate of drug-likeness (QED) is 0.233. The summed E-state index contributed by atoms with van der Waals surface area (Å²) in [6.07, 6.45) is 0. The molecule has 0 heterocycles. The van der Waals surface area contributed by atoms with Gasteiger partial charge >= 0.3 is 82.6 Å². The molecule has 0 spiro atoms. The molecule has 0 aliphatic carbocycles. The van der Waals surface area contributed by atoms with Crippen LogP contribution < -0.4 is 69.3 Å². The molecule has 2 aromatic carbocycles. The van der Waals surface area contributed by atoms with Crippen molar-refractivity contribution in [2.75, 3.05) is 0 Å². The SMILES string of the molecule is O=C([O-])c1cccc(C(=O)OS(=O)[O-])c1.O=C([O-])c1cccc(C(=O)OS(=O)[O-])c1.O=S=O.[Na+].[Na+]. The van der Waals surface area contributed by atoms with Crippen molar-refractivity contribution in [2.45, 2.75) is 0 Å². The summed E-state index contributed by atoms with van der Waals surface area (Å²) in [5.74, 6) is -5.22. The van der Waals surface area contributed by atoms with Crippen LogP contribution >= 0.6 is 0 Å². The van der Waals surface area contributed by atoms with Gasteiger partial charge in [0.15, 0.2) is 0 Å². The zero-order valence-electron chi connectivity index (χ0n) is 17.6. The Morgan fingerprint density at radius 1 is 0.657 bits per heavy atom. The first-order valence-electron chi connectivity index (χ1n) is 7.61. The molecule has 2 aromatic rings. The van der Waals surface area contributed by atoms with E-state index in [-0.39, 0.29) is 81.4 Å². The van der Waals surface area contributed by atoms with Gasteiger partial charge in [-0.05, 0) is 35.4 Å². The van der Waals surface area contributed by atoms with Gasteiger partial charge in [-0.3, -0.25) is 0 Å². The fourth-order valence-electron chi connectivity index (χ4n) is 1.77. The van der Waals surface area contributed by atoms with Crippen LogP contribution in [0, 0.1) is 0 Å². The normalized spacial score (nSPS) is 10.5. The average molecular weight is 566 g/mol. The molecule has 14 nitrogen and oxygen atoms in total. The number of carbonyl (C=O) groups excluding carboxylic acids is 4. The van der Waals surface area contributed by atoms with Crippen LogP contribution in [0.5, 0.6) is 0 Å². The second kappa shape index (κ2) is 20.5. The Kier molecular flexibility index (Phi) is 22.2. The molecule has 0 amide bonds. The van der Waals surface area contributed by atoms with E-state index < -0.39 is 58.2 Å². The molecular weight excluding hydrogens is 558 g/mol. The predicted molar refractivity (Wildman–Crippen MR) is 99.1 cm³/mol. The number of benzene rings is 2. The monoisotopic (exact) mass is 566 g/mol. The second-order valence-corrected chi connectivity index (χ2v) is 6.24. The number of carbonyl (C=O) groups is 4. The Morgan fingerprint density at radius 3 is 1.14 bits per heavy atom. The first-order valence-corrected chi connectivity index (χ1v) is 10.3. The number of aromatic carboxylic acids is 2. The van der Waals surface area contributed by atoms with Crippen LogP contribution in [-0.2, 0) is 42.7 Å². The summed E-state index contributed by atoms with van der Waals surface area (Å²) in [5.41, 5.74) is -0.830. The van der Waals surface area contributed by atoms with Crippen LogP contribution in [0.15, 0.2) is 48.5 Å². The molecule has 0 N–H and O–H groups in total. The molecule has 19 heteroatoms. The molecule has 0 aliphatic rings. The zero-order valence-corrected chi connectivity index (χ0v) is 24.0. The van der Waals surface area contributed by atoms with Gasteiger partial charge in [0.25, 0.3) is 0 Å². The molecule has 0 saturated heterocycles. The number of rotatable bonds is 6. The van der Waals surface area contributed by atoms with E-state index >= 15 is 0 Å². The van der Waals surface area contributed by atoms with Gasteiger partial charge in [-0.15, -0.1) is 0 Å². The Labute approximate surface area is 249 Å². The molecule has 2 rings (SSSR count). The molecule has 0 aliphatic heterocycles. The maximum atomic E-state index is 11.0. The van der Waals surface area contributed by atoms with Crippen molar-refractivity contribution in [1.29, 1.82) is 0 Å². The Bertz CT molecular complexity index is 1040. The third-order valence-corrected chi connectivity index (χ3v) is 3.53. The van der Waals surface area contributed by atoms with E-state index in [1.807, 2.05) is 0 Å². The van der Waals surface area contributed by atoms with Crippen molar-refractivity contribution in [3.63, 3.8) is 0 Å². The van der Waals surface area contributed by atoms with Gasteiger partial charge in [-0.25, -0.2) is 18.0 Å². The first-order chi connectivity index (χ1) is 15.4.